The Morgan fingerprint density at radius 3 is 2.56 bits per heavy atom. The lowest BCUT2D eigenvalue weighted by Gasteiger charge is -2.11. The van der Waals surface area contributed by atoms with Crippen LogP contribution in [-0.4, -0.2) is 30.1 Å². The maximum Gasteiger partial charge on any atom is 0.266 e. The molecule has 3 rings (SSSR count). The highest BCUT2D eigenvalue weighted by atomic mass is 35.5. The number of carbonyl (C=O) groups excluding carboxylic acids is 1. The Kier molecular flexibility index (Phi) is 6.09. The molecule has 0 bridgehead atoms. The third kappa shape index (κ3) is 4.46. The fourth-order valence-electron chi connectivity index (χ4n) is 2.48. The molecule has 0 saturated carbocycles. The number of hydrogen-bond donors (Lipinski definition) is 0. The van der Waals surface area contributed by atoms with Gasteiger partial charge in [0.15, 0.2) is 10.9 Å². The van der Waals surface area contributed by atoms with E-state index in [0.717, 1.165) is 0 Å². The van der Waals surface area contributed by atoms with Gasteiger partial charge in [0.25, 0.3) is 5.91 Å². The van der Waals surface area contributed by atoms with Crippen molar-refractivity contribution in [3.05, 3.63) is 68.3 Å². The Balaban J connectivity index is 1.81. The predicted molar refractivity (Wildman–Crippen MR) is 109 cm³/mol. The molecule has 1 amide bonds. The zero-order valence-electron chi connectivity index (χ0n) is 14.5. The summed E-state index contributed by atoms with van der Waals surface area (Å²) in [5, 5.41) is 1.23. The molecule has 0 aliphatic carbocycles. The molecule has 1 saturated heterocycles. The van der Waals surface area contributed by atoms with Crippen LogP contribution in [-0.2, 0) is 11.4 Å². The van der Waals surface area contributed by atoms with Crippen LogP contribution in [0, 0.1) is 5.82 Å². The number of carbonyl (C=O) groups is 1. The third-order valence-electron chi connectivity index (χ3n) is 3.79. The molecule has 1 aliphatic heterocycles. The van der Waals surface area contributed by atoms with Gasteiger partial charge in [-0.3, -0.25) is 14.7 Å². The van der Waals surface area contributed by atoms with Crippen molar-refractivity contribution in [2.45, 2.75) is 6.61 Å². The Morgan fingerprint density at radius 1 is 1.26 bits per heavy atom. The van der Waals surface area contributed by atoms with Crippen molar-refractivity contribution in [2.24, 2.45) is 4.99 Å². The van der Waals surface area contributed by atoms with Crippen LogP contribution < -0.4 is 4.74 Å². The van der Waals surface area contributed by atoms with Gasteiger partial charge in [0, 0.05) is 14.1 Å². The molecule has 140 valence electrons. The summed E-state index contributed by atoms with van der Waals surface area (Å²) in [6.07, 6.45) is 1.70. The zero-order valence-corrected chi connectivity index (χ0v) is 16.8. The van der Waals surface area contributed by atoms with Crippen molar-refractivity contribution in [1.82, 2.24) is 4.90 Å². The number of hydrogen-bond acceptors (Lipinski definition) is 4. The van der Waals surface area contributed by atoms with Crippen molar-refractivity contribution >= 4 is 52.1 Å². The molecule has 0 N–H and O–H groups in total. The van der Waals surface area contributed by atoms with E-state index in [1.807, 2.05) is 0 Å². The summed E-state index contributed by atoms with van der Waals surface area (Å²) in [7, 11) is 3.30. The van der Waals surface area contributed by atoms with E-state index in [1.54, 1.807) is 44.4 Å². The standard InChI is InChI=1S/C19H15Cl2FN2O2S/c1-23-19-24(2)18(25)16(27-19)9-12-7-14(20)17(15(21)8-12)26-10-11-4-3-5-13(22)6-11/h3-9H,10H2,1-2H3/b16-9-,23-19?. The predicted octanol–water partition coefficient (Wildman–Crippen LogP) is 5.24. The van der Waals surface area contributed by atoms with Gasteiger partial charge in [0.1, 0.15) is 12.4 Å². The smallest absolute Gasteiger partial charge is 0.266 e. The minimum atomic E-state index is -0.339. The average molecular weight is 425 g/mol. The van der Waals surface area contributed by atoms with Gasteiger partial charge in [-0.25, -0.2) is 4.39 Å². The minimum absolute atomic E-state index is 0.132. The summed E-state index contributed by atoms with van der Waals surface area (Å²) in [6.45, 7) is 0.132. The first-order chi connectivity index (χ1) is 12.9. The van der Waals surface area contributed by atoms with Crippen molar-refractivity contribution in [3.8, 4) is 5.75 Å². The lowest BCUT2D eigenvalue weighted by Crippen LogP contribution is -2.23. The van der Waals surface area contributed by atoms with Crippen LogP contribution >= 0.6 is 35.0 Å². The van der Waals surface area contributed by atoms with Crippen molar-refractivity contribution in [3.63, 3.8) is 0 Å². The van der Waals surface area contributed by atoms with Gasteiger partial charge in [0.2, 0.25) is 0 Å². The van der Waals surface area contributed by atoms with E-state index in [9.17, 15) is 9.18 Å². The van der Waals surface area contributed by atoms with E-state index in [2.05, 4.69) is 4.99 Å². The Morgan fingerprint density at radius 2 is 1.96 bits per heavy atom. The van der Waals surface area contributed by atoms with Crippen molar-refractivity contribution in [2.75, 3.05) is 14.1 Å². The maximum atomic E-state index is 13.3. The number of halogens is 3. The number of nitrogens with zero attached hydrogens (tertiary/aromatic N) is 2. The second-order valence-corrected chi connectivity index (χ2v) is 7.54. The molecule has 4 nitrogen and oxygen atoms in total. The monoisotopic (exact) mass is 424 g/mol. The second-order valence-electron chi connectivity index (χ2n) is 5.71. The quantitative estimate of drug-likeness (QED) is 0.629. The van der Waals surface area contributed by atoms with Gasteiger partial charge in [-0.1, -0.05) is 35.3 Å². The van der Waals surface area contributed by atoms with Gasteiger partial charge < -0.3 is 4.74 Å². The normalized spacial score (nSPS) is 17.2. The topological polar surface area (TPSA) is 41.9 Å². The van der Waals surface area contributed by atoms with Crippen LogP contribution in [0.15, 0.2) is 46.3 Å². The minimum Gasteiger partial charge on any atom is -0.486 e. The van der Waals surface area contributed by atoms with Crippen molar-refractivity contribution < 1.29 is 13.9 Å². The van der Waals surface area contributed by atoms with E-state index >= 15 is 0 Å². The number of ether oxygens (including phenoxy) is 1. The molecule has 27 heavy (non-hydrogen) atoms. The number of amidine groups is 1. The van der Waals surface area contributed by atoms with Gasteiger partial charge in [-0.05, 0) is 53.2 Å². The highest BCUT2D eigenvalue weighted by Crippen LogP contribution is 2.37. The van der Waals surface area contributed by atoms with E-state index in [-0.39, 0.29) is 18.3 Å². The number of amides is 1. The SMILES string of the molecule is CN=C1S/C(=C\c2cc(Cl)c(OCc3cccc(F)c3)c(Cl)c2)C(=O)N1C. The van der Waals surface area contributed by atoms with Gasteiger partial charge >= 0.3 is 0 Å². The number of benzene rings is 2. The number of likely N-dealkylation sites (N-methyl/N-ethyl adjacent to an activating group) is 1. The van der Waals surface area contributed by atoms with Gasteiger partial charge in [-0.2, -0.15) is 0 Å². The molecular formula is C19H15Cl2FN2O2S. The molecule has 0 radical (unpaired) electrons. The van der Waals surface area contributed by atoms with E-state index in [0.29, 0.717) is 37.0 Å². The Hall–Kier alpha value is -2.02. The first kappa shape index (κ1) is 19.7. The van der Waals surface area contributed by atoms with Crippen LogP contribution in [0.25, 0.3) is 6.08 Å². The first-order valence-corrected chi connectivity index (χ1v) is 9.47. The second kappa shape index (κ2) is 8.33. The number of rotatable bonds is 4. The Labute approximate surface area is 170 Å². The molecule has 1 heterocycles. The summed E-state index contributed by atoms with van der Waals surface area (Å²) >= 11 is 13.9. The fourth-order valence-corrected chi connectivity index (χ4v) is 4.02. The van der Waals surface area contributed by atoms with Gasteiger partial charge in [-0.15, -0.1) is 0 Å². The Bertz CT molecular complexity index is 939. The molecule has 0 spiro atoms. The average Bonchev–Trinajstić information content (AvgIpc) is 2.89. The summed E-state index contributed by atoms with van der Waals surface area (Å²) < 4.78 is 18.9. The molecule has 2 aromatic rings. The van der Waals surface area contributed by atoms with Crippen molar-refractivity contribution in [1.29, 1.82) is 0 Å². The number of aliphatic imine (C=N–C) groups is 1. The van der Waals surface area contributed by atoms with Crippen LogP contribution in [0.3, 0.4) is 0 Å². The lowest BCUT2D eigenvalue weighted by atomic mass is 10.2. The molecule has 0 unspecified atom stereocenters. The summed E-state index contributed by atoms with van der Waals surface area (Å²) in [4.78, 5) is 18.3. The van der Waals surface area contributed by atoms with Crippen LogP contribution in [0.1, 0.15) is 11.1 Å². The van der Waals surface area contributed by atoms with Gasteiger partial charge in [0.05, 0.1) is 15.0 Å². The maximum absolute atomic E-state index is 13.3. The van der Waals surface area contributed by atoms with E-state index in [4.69, 9.17) is 27.9 Å². The highest BCUT2D eigenvalue weighted by molar-refractivity contribution is 8.18. The molecule has 0 aromatic heterocycles. The van der Waals surface area contributed by atoms with Crippen LogP contribution in [0.2, 0.25) is 10.0 Å². The van der Waals surface area contributed by atoms with E-state index < -0.39 is 0 Å². The molecule has 1 fully saturated rings. The summed E-state index contributed by atoms with van der Waals surface area (Å²) in [5.41, 5.74) is 1.33. The molecule has 0 atom stereocenters. The summed E-state index contributed by atoms with van der Waals surface area (Å²) in [6, 6.07) is 9.42. The molecule has 8 heteroatoms. The first-order valence-electron chi connectivity index (χ1n) is 7.89. The zero-order chi connectivity index (χ0) is 19.6. The molecule has 1 aliphatic rings. The molecular weight excluding hydrogens is 410 g/mol. The number of thioether (sulfide) groups is 1. The third-order valence-corrected chi connectivity index (χ3v) is 5.50. The molecule has 2 aromatic carbocycles. The fraction of sp³-hybridized carbons (Fsp3) is 0.158. The van der Waals surface area contributed by atoms with Crippen LogP contribution in [0.4, 0.5) is 4.39 Å². The van der Waals surface area contributed by atoms with Crippen LogP contribution in [0.5, 0.6) is 5.75 Å². The lowest BCUT2D eigenvalue weighted by molar-refractivity contribution is -0.121. The van der Waals surface area contributed by atoms with E-state index in [1.165, 1.54) is 28.8 Å². The highest BCUT2D eigenvalue weighted by Gasteiger charge is 2.29. The summed E-state index contributed by atoms with van der Waals surface area (Å²) in [5.74, 6) is -0.170. The largest absolute Gasteiger partial charge is 0.486 e.